The van der Waals surface area contributed by atoms with E-state index in [-0.39, 0.29) is 27.1 Å². The number of hydrogen-bond acceptors (Lipinski definition) is 3. The van der Waals surface area contributed by atoms with Gasteiger partial charge in [0.2, 0.25) is 0 Å². The molecule has 4 rings (SSSR count). The van der Waals surface area contributed by atoms with Gasteiger partial charge in [0.15, 0.2) is 0 Å². The lowest BCUT2D eigenvalue weighted by molar-refractivity contribution is -0.112. The molecule has 0 saturated carbocycles. The Kier molecular flexibility index (Phi) is 5.63. The van der Waals surface area contributed by atoms with Crippen molar-refractivity contribution in [2.75, 3.05) is 5.32 Å². The fourth-order valence-electron chi connectivity index (χ4n) is 3.24. The molecule has 0 atom stereocenters. The number of halogens is 3. The Morgan fingerprint density at radius 1 is 1.10 bits per heavy atom. The summed E-state index contributed by atoms with van der Waals surface area (Å²) in [5.74, 6) is -2.14. The molecule has 0 spiro atoms. The van der Waals surface area contributed by atoms with E-state index >= 15 is 0 Å². The first kappa shape index (κ1) is 20.8. The molecule has 6 nitrogen and oxygen atoms in total. The van der Waals surface area contributed by atoms with Gasteiger partial charge in [-0.15, -0.1) is 0 Å². The molecule has 3 aromatic heterocycles. The Hall–Kier alpha value is -3.42. The van der Waals surface area contributed by atoms with E-state index in [1.165, 1.54) is 18.3 Å². The lowest BCUT2D eigenvalue weighted by Gasteiger charge is -2.07. The smallest absolute Gasteiger partial charge is 0.296 e. The van der Waals surface area contributed by atoms with Crippen LogP contribution in [0.25, 0.3) is 5.52 Å². The van der Waals surface area contributed by atoms with Crippen LogP contribution in [0.3, 0.4) is 0 Å². The summed E-state index contributed by atoms with van der Waals surface area (Å²) in [7, 11) is 0. The van der Waals surface area contributed by atoms with Crippen molar-refractivity contribution in [1.29, 1.82) is 0 Å². The second kappa shape index (κ2) is 8.37. The van der Waals surface area contributed by atoms with Gasteiger partial charge in [-0.25, -0.2) is 4.39 Å². The first-order valence-corrected chi connectivity index (χ1v) is 9.86. The minimum absolute atomic E-state index is 0.00973. The van der Waals surface area contributed by atoms with Crippen LogP contribution in [0, 0.1) is 5.82 Å². The molecular weight excluding hydrogens is 444 g/mol. The average molecular weight is 458 g/mol. The van der Waals surface area contributed by atoms with E-state index in [2.05, 4.69) is 10.3 Å². The molecule has 0 aliphatic heterocycles. The van der Waals surface area contributed by atoms with E-state index in [1.807, 2.05) is 0 Å². The number of aromatic amines is 1. The Morgan fingerprint density at radius 3 is 2.58 bits per heavy atom. The van der Waals surface area contributed by atoms with Gasteiger partial charge in [-0.05, 0) is 35.9 Å². The van der Waals surface area contributed by atoms with Crippen LogP contribution in [-0.2, 0) is 11.2 Å². The van der Waals surface area contributed by atoms with Crippen molar-refractivity contribution in [3.63, 3.8) is 0 Å². The zero-order valence-corrected chi connectivity index (χ0v) is 17.3. The van der Waals surface area contributed by atoms with Crippen molar-refractivity contribution in [2.45, 2.75) is 6.42 Å². The topological polar surface area (TPSA) is 83.4 Å². The monoisotopic (exact) mass is 457 g/mol. The number of carbonyl (C=O) groups is 2. The van der Waals surface area contributed by atoms with Crippen molar-refractivity contribution in [3.8, 4) is 0 Å². The van der Waals surface area contributed by atoms with Crippen molar-refractivity contribution >= 4 is 46.1 Å². The number of nitrogens with zero attached hydrogens (tertiary/aromatic N) is 1. The van der Waals surface area contributed by atoms with Crippen molar-refractivity contribution in [3.05, 3.63) is 104 Å². The van der Waals surface area contributed by atoms with E-state index in [0.29, 0.717) is 11.9 Å². The predicted octanol–water partition coefficient (Wildman–Crippen LogP) is 4.49. The third-order valence-electron chi connectivity index (χ3n) is 4.73. The summed E-state index contributed by atoms with van der Waals surface area (Å²) < 4.78 is 15.0. The molecule has 0 fully saturated rings. The summed E-state index contributed by atoms with van der Waals surface area (Å²) in [5, 5.41) is 1.99. The van der Waals surface area contributed by atoms with E-state index in [4.69, 9.17) is 23.2 Å². The van der Waals surface area contributed by atoms with Gasteiger partial charge >= 0.3 is 0 Å². The second-order valence-corrected chi connectivity index (χ2v) is 7.53. The van der Waals surface area contributed by atoms with Crippen LogP contribution in [0.5, 0.6) is 0 Å². The highest BCUT2D eigenvalue weighted by Crippen LogP contribution is 2.27. The van der Waals surface area contributed by atoms with E-state index in [0.717, 1.165) is 11.3 Å². The molecule has 0 bridgehead atoms. The van der Waals surface area contributed by atoms with Crippen LogP contribution in [0.4, 0.5) is 10.1 Å². The number of ketones is 1. The maximum absolute atomic E-state index is 13.2. The zero-order valence-electron chi connectivity index (χ0n) is 15.8. The molecule has 1 aromatic carbocycles. The van der Waals surface area contributed by atoms with Crippen LogP contribution in [0.2, 0.25) is 10.0 Å². The number of pyridine rings is 2. The Morgan fingerprint density at radius 2 is 1.84 bits per heavy atom. The SMILES string of the molecule is O=C(Nc1c(Cl)c[nH]c(=O)c1Cl)C(=O)c1cc(Cc2ccc(F)cc2)n2ccccc12. The number of fused-ring (bicyclic) bond motifs is 1. The molecule has 2 N–H and O–H groups in total. The quantitative estimate of drug-likeness (QED) is 0.342. The highest BCUT2D eigenvalue weighted by molar-refractivity contribution is 6.49. The zero-order chi connectivity index (χ0) is 22.1. The van der Waals surface area contributed by atoms with Crippen LogP contribution >= 0.6 is 23.2 Å². The number of rotatable bonds is 5. The number of Topliss-reactive ketones (excluding diaryl/α,β-unsaturated/α-hetero) is 1. The van der Waals surface area contributed by atoms with Gasteiger partial charge in [0, 0.05) is 24.5 Å². The van der Waals surface area contributed by atoms with E-state index < -0.39 is 17.2 Å². The Labute approximate surface area is 185 Å². The molecule has 31 heavy (non-hydrogen) atoms. The Bertz CT molecular complexity index is 1380. The van der Waals surface area contributed by atoms with Gasteiger partial charge in [0.05, 0.1) is 21.8 Å². The molecule has 156 valence electrons. The largest absolute Gasteiger partial charge is 0.326 e. The summed E-state index contributed by atoms with van der Waals surface area (Å²) in [6.45, 7) is 0. The summed E-state index contributed by atoms with van der Waals surface area (Å²) in [6, 6.07) is 12.9. The van der Waals surface area contributed by atoms with E-state index in [9.17, 15) is 18.8 Å². The number of amides is 1. The van der Waals surface area contributed by atoms with Crippen molar-refractivity contribution in [2.24, 2.45) is 0 Å². The lowest BCUT2D eigenvalue weighted by atomic mass is 10.1. The van der Waals surface area contributed by atoms with Crippen molar-refractivity contribution in [1.82, 2.24) is 9.38 Å². The molecule has 0 saturated heterocycles. The second-order valence-electron chi connectivity index (χ2n) is 6.75. The predicted molar refractivity (Wildman–Crippen MR) is 117 cm³/mol. The normalized spacial score (nSPS) is 10.9. The number of aromatic nitrogens is 2. The van der Waals surface area contributed by atoms with Gasteiger partial charge in [0.25, 0.3) is 17.2 Å². The average Bonchev–Trinajstić information content (AvgIpc) is 3.13. The van der Waals surface area contributed by atoms with Crippen LogP contribution in [0.15, 0.2) is 65.7 Å². The molecule has 0 aliphatic carbocycles. The maximum Gasteiger partial charge on any atom is 0.296 e. The fraction of sp³-hybridized carbons (Fsp3) is 0.0455. The minimum atomic E-state index is -0.987. The minimum Gasteiger partial charge on any atom is -0.326 e. The molecular formula is C22H14Cl2FN3O3. The number of nitrogens with one attached hydrogen (secondary N) is 2. The summed E-state index contributed by atoms with van der Waals surface area (Å²) in [5.41, 5.74) is 1.50. The van der Waals surface area contributed by atoms with Gasteiger partial charge in [0.1, 0.15) is 10.8 Å². The highest BCUT2D eigenvalue weighted by atomic mass is 35.5. The highest BCUT2D eigenvalue weighted by Gasteiger charge is 2.24. The maximum atomic E-state index is 13.2. The summed E-state index contributed by atoms with van der Waals surface area (Å²) in [4.78, 5) is 39.6. The van der Waals surface area contributed by atoms with Crippen LogP contribution in [-0.4, -0.2) is 21.1 Å². The molecule has 3 heterocycles. The standard InChI is InChI=1S/C22H14Cl2FN3O3/c23-16-11-26-21(30)18(24)19(16)27-22(31)20(29)15-10-14(28-8-2-1-3-17(15)28)9-12-4-6-13(25)7-5-12/h1-8,10-11H,9H2,(H2,26,27,30,31). The van der Waals surface area contributed by atoms with E-state index in [1.54, 1.807) is 47.0 Å². The molecule has 0 aliphatic rings. The molecule has 9 heteroatoms. The number of hydrogen-bond donors (Lipinski definition) is 2. The molecule has 4 aromatic rings. The number of anilines is 1. The van der Waals surface area contributed by atoms with Gasteiger partial charge < -0.3 is 14.7 Å². The molecule has 1 amide bonds. The molecule has 0 unspecified atom stereocenters. The van der Waals surface area contributed by atoms with Gasteiger partial charge in [-0.3, -0.25) is 14.4 Å². The summed E-state index contributed by atoms with van der Waals surface area (Å²) >= 11 is 11.9. The number of carbonyl (C=O) groups excluding carboxylic acids is 2. The van der Waals surface area contributed by atoms with Crippen molar-refractivity contribution < 1.29 is 14.0 Å². The van der Waals surface area contributed by atoms with Gasteiger partial charge in [-0.2, -0.15) is 0 Å². The molecule has 0 radical (unpaired) electrons. The fourth-order valence-corrected chi connectivity index (χ4v) is 3.69. The third kappa shape index (κ3) is 4.10. The number of H-pyrrole nitrogens is 1. The van der Waals surface area contributed by atoms with Gasteiger partial charge in [-0.1, -0.05) is 41.4 Å². The van der Waals surface area contributed by atoms with Crippen LogP contribution < -0.4 is 10.9 Å². The van der Waals surface area contributed by atoms with Crippen LogP contribution in [0.1, 0.15) is 21.6 Å². The third-order valence-corrected chi connectivity index (χ3v) is 5.39. The first-order chi connectivity index (χ1) is 14.8. The first-order valence-electron chi connectivity index (χ1n) is 9.11. The lowest BCUT2D eigenvalue weighted by Crippen LogP contribution is -2.24. The Balaban J connectivity index is 1.68. The summed E-state index contributed by atoms with van der Waals surface area (Å²) in [6.07, 6.45) is 3.36. The number of benzene rings is 1.